The lowest BCUT2D eigenvalue weighted by Gasteiger charge is -2.42. The molecule has 2 aliphatic rings. The second kappa shape index (κ2) is 7.81. The lowest BCUT2D eigenvalue weighted by atomic mass is 9.85. The van der Waals surface area contributed by atoms with Gasteiger partial charge in [-0.1, -0.05) is 29.9 Å². The lowest BCUT2D eigenvalue weighted by Crippen LogP contribution is -2.52. The predicted octanol–water partition coefficient (Wildman–Crippen LogP) is 4.39. The van der Waals surface area contributed by atoms with Gasteiger partial charge in [-0.3, -0.25) is 5.32 Å². The summed E-state index contributed by atoms with van der Waals surface area (Å²) in [5.74, 6) is 0.767. The van der Waals surface area contributed by atoms with Gasteiger partial charge in [0, 0.05) is 25.3 Å². The molecule has 0 spiro atoms. The molecular formula is C16H24ClN3O2S. The summed E-state index contributed by atoms with van der Waals surface area (Å²) in [4.78, 5) is 19.1. The Morgan fingerprint density at radius 2 is 1.91 bits per heavy atom. The molecule has 0 atom stereocenters. The minimum Gasteiger partial charge on any atom is -0.381 e. The van der Waals surface area contributed by atoms with E-state index in [1.807, 2.05) is 0 Å². The van der Waals surface area contributed by atoms with Gasteiger partial charge in [-0.05, 0) is 44.4 Å². The number of nitrogens with zero attached hydrogens (tertiary/aromatic N) is 2. The van der Waals surface area contributed by atoms with E-state index in [1.54, 1.807) is 6.20 Å². The maximum Gasteiger partial charge on any atom is 0.324 e. The number of anilines is 1. The van der Waals surface area contributed by atoms with E-state index in [0.717, 1.165) is 44.8 Å². The largest absolute Gasteiger partial charge is 0.381 e. The first-order valence-corrected chi connectivity index (χ1v) is 9.61. The van der Waals surface area contributed by atoms with Crippen LogP contribution in [0.1, 0.15) is 45.4 Å². The number of rotatable bonds is 3. The summed E-state index contributed by atoms with van der Waals surface area (Å²) in [6.45, 7) is 3.77. The van der Waals surface area contributed by atoms with E-state index in [9.17, 15) is 4.79 Å². The molecule has 1 saturated carbocycles. The monoisotopic (exact) mass is 357 g/mol. The summed E-state index contributed by atoms with van der Waals surface area (Å²) in [6, 6.07) is 0.546. The SMILES string of the molecule is CC1CCC(N(C(=O)Nc2ncc(Cl)s2)C2CCOCC2)CC1. The molecule has 1 N–H and O–H groups in total. The van der Waals surface area contributed by atoms with Gasteiger partial charge >= 0.3 is 6.03 Å². The van der Waals surface area contributed by atoms with Crippen LogP contribution in [0.3, 0.4) is 0 Å². The summed E-state index contributed by atoms with van der Waals surface area (Å²) >= 11 is 7.21. The van der Waals surface area contributed by atoms with E-state index in [-0.39, 0.29) is 12.1 Å². The smallest absolute Gasteiger partial charge is 0.324 e. The van der Waals surface area contributed by atoms with E-state index < -0.39 is 0 Å². The van der Waals surface area contributed by atoms with Gasteiger partial charge in [-0.15, -0.1) is 0 Å². The number of hydrogen-bond donors (Lipinski definition) is 1. The molecule has 0 radical (unpaired) electrons. The Labute approximate surface area is 146 Å². The van der Waals surface area contributed by atoms with Crippen LogP contribution in [-0.2, 0) is 4.74 Å². The number of hydrogen-bond acceptors (Lipinski definition) is 4. The van der Waals surface area contributed by atoms with Crippen molar-refractivity contribution in [2.75, 3.05) is 18.5 Å². The first-order chi connectivity index (χ1) is 11.1. The minimum absolute atomic E-state index is 0.0394. The van der Waals surface area contributed by atoms with Crippen molar-refractivity contribution in [1.82, 2.24) is 9.88 Å². The van der Waals surface area contributed by atoms with E-state index in [2.05, 4.69) is 22.1 Å². The Morgan fingerprint density at radius 3 is 2.52 bits per heavy atom. The van der Waals surface area contributed by atoms with Crippen molar-refractivity contribution in [1.29, 1.82) is 0 Å². The van der Waals surface area contributed by atoms with E-state index in [1.165, 1.54) is 24.2 Å². The van der Waals surface area contributed by atoms with Gasteiger partial charge in [-0.2, -0.15) is 0 Å². The molecule has 2 fully saturated rings. The summed E-state index contributed by atoms with van der Waals surface area (Å²) in [6.07, 6.45) is 7.97. The van der Waals surface area contributed by atoms with Crippen molar-refractivity contribution in [3.63, 3.8) is 0 Å². The van der Waals surface area contributed by atoms with Gasteiger partial charge in [0.25, 0.3) is 0 Å². The number of carbonyl (C=O) groups excluding carboxylic acids is 1. The second-order valence-electron chi connectivity index (χ2n) is 6.56. The second-order valence-corrected chi connectivity index (χ2v) is 8.23. The number of carbonyl (C=O) groups is 1. The zero-order valence-electron chi connectivity index (χ0n) is 13.5. The Balaban J connectivity index is 1.71. The molecule has 1 aliphatic carbocycles. The molecule has 1 saturated heterocycles. The van der Waals surface area contributed by atoms with Crippen molar-refractivity contribution < 1.29 is 9.53 Å². The maximum atomic E-state index is 12.9. The summed E-state index contributed by atoms with van der Waals surface area (Å²) in [7, 11) is 0. The molecule has 2 heterocycles. The molecule has 1 aromatic rings. The van der Waals surface area contributed by atoms with E-state index >= 15 is 0 Å². The fraction of sp³-hybridized carbons (Fsp3) is 0.750. The van der Waals surface area contributed by atoms with Gasteiger partial charge < -0.3 is 9.64 Å². The van der Waals surface area contributed by atoms with E-state index in [4.69, 9.17) is 16.3 Å². The van der Waals surface area contributed by atoms with Gasteiger partial charge in [0.05, 0.1) is 6.20 Å². The Bertz CT molecular complexity index is 525. The number of halogens is 1. The molecule has 2 amide bonds. The molecule has 23 heavy (non-hydrogen) atoms. The predicted molar refractivity (Wildman–Crippen MR) is 93.2 cm³/mol. The first kappa shape index (κ1) is 17.0. The molecule has 7 heteroatoms. The third kappa shape index (κ3) is 4.37. The van der Waals surface area contributed by atoms with Gasteiger partial charge in [-0.25, -0.2) is 9.78 Å². The molecule has 5 nitrogen and oxygen atoms in total. The lowest BCUT2D eigenvalue weighted by molar-refractivity contribution is 0.0279. The fourth-order valence-electron chi connectivity index (χ4n) is 3.58. The van der Waals surface area contributed by atoms with Crippen molar-refractivity contribution in [3.05, 3.63) is 10.5 Å². The number of aromatic nitrogens is 1. The number of amides is 2. The molecular weight excluding hydrogens is 334 g/mol. The van der Waals surface area contributed by atoms with Crippen LogP contribution in [0.5, 0.6) is 0 Å². The van der Waals surface area contributed by atoms with Gasteiger partial charge in [0.1, 0.15) is 4.34 Å². The molecule has 1 aromatic heterocycles. The van der Waals surface area contributed by atoms with E-state index in [0.29, 0.717) is 15.5 Å². The Morgan fingerprint density at radius 1 is 1.26 bits per heavy atom. The summed E-state index contributed by atoms with van der Waals surface area (Å²) in [5, 5.41) is 3.51. The summed E-state index contributed by atoms with van der Waals surface area (Å²) in [5.41, 5.74) is 0. The highest BCUT2D eigenvalue weighted by atomic mass is 35.5. The highest BCUT2D eigenvalue weighted by molar-refractivity contribution is 7.19. The number of nitrogens with one attached hydrogen (secondary N) is 1. The topological polar surface area (TPSA) is 54.5 Å². The van der Waals surface area contributed by atoms with Crippen molar-refractivity contribution >= 4 is 34.1 Å². The fourth-order valence-corrected chi connectivity index (χ4v) is 4.38. The Kier molecular flexibility index (Phi) is 5.77. The van der Waals surface area contributed by atoms with Crippen molar-refractivity contribution in [2.45, 2.75) is 57.5 Å². The van der Waals surface area contributed by atoms with Crippen LogP contribution in [0.4, 0.5) is 9.93 Å². The zero-order chi connectivity index (χ0) is 16.2. The van der Waals surface area contributed by atoms with Crippen molar-refractivity contribution in [2.24, 2.45) is 5.92 Å². The van der Waals surface area contributed by atoms with Gasteiger partial charge in [0.2, 0.25) is 0 Å². The normalized spacial score (nSPS) is 26.0. The van der Waals surface area contributed by atoms with Crippen LogP contribution in [0, 0.1) is 5.92 Å². The zero-order valence-corrected chi connectivity index (χ0v) is 15.0. The molecule has 0 aromatic carbocycles. The van der Waals surface area contributed by atoms with Crippen LogP contribution in [0.2, 0.25) is 4.34 Å². The summed E-state index contributed by atoms with van der Waals surface area (Å²) < 4.78 is 6.06. The van der Waals surface area contributed by atoms with Crippen LogP contribution >= 0.6 is 22.9 Å². The molecule has 0 unspecified atom stereocenters. The first-order valence-electron chi connectivity index (χ1n) is 8.42. The average Bonchev–Trinajstić information content (AvgIpc) is 2.95. The minimum atomic E-state index is -0.0394. The van der Waals surface area contributed by atoms with Gasteiger partial charge in [0.15, 0.2) is 5.13 Å². The third-order valence-corrected chi connectivity index (χ3v) is 5.92. The molecule has 128 valence electrons. The van der Waals surface area contributed by atoms with Crippen molar-refractivity contribution in [3.8, 4) is 0 Å². The van der Waals surface area contributed by atoms with Crippen LogP contribution in [0.15, 0.2) is 6.20 Å². The highest BCUT2D eigenvalue weighted by Gasteiger charge is 2.34. The standard InChI is InChI=1S/C16H24ClN3O2S/c1-11-2-4-12(5-3-11)20(13-6-8-22-9-7-13)16(21)19-15-18-10-14(17)23-15/h10-13H,2-9H2,1H3,(H,18,19,21). The third-order valence-electron chi connectivity index (χ3n) is 4.89. The number of ether oxygens (including phenoxy) is 1. The Hall–Kier alpha value is -0.850. The molecule has 1 aliphatic heterocycles. The maximum absolute atomic E-state index is 12.9. The number of thiazole rings is 1. The molecule has 3 rings (SSSR count). The van der Waals surface area contributed by atoms with Crippen LogP contribution in [-0.4, -0.2) is 41.2 Å². The quantitative estimate of drug-likeness (QED) is 0.872. The number of urea groups is 1. The van der Waals surface area contributed by atoms with Crippen LogP contribution in [0.25, 0.3) is 0 Å². The molecule has 0 bridgehead atoms. The van der Waals surface area contributed by atoms with Crippen LogP contribution < -0.4 is 5.32 Å². The average molecular weight is 358 g/mol. The highest BCUT2D eigenvalue weighted by Crippen LogP contribution is 2.31.